The molecule has 0 fully saturated rings. The van der Waals surface area contributed by atoms with Crippen molar-refractivity contribution in [1.29, 1.82) is 10.5 Å². The minimum atomic E-state index is -0.490. The first-order valence-corrected chi connectivity index (χ1v) is 7.55. The number of aromatic nitrogens is 2. The molecule has 2 rings (SSSR count). The van der Waals surface area contributed by atoms with Gasteiger partial charge in [-0.05, 0) is 12.1 Å². The summed E-state index contributed by atoms with van der Waals surface area (Å²) in [5.41, 5.74) is 7.29. The highest BCUT2D eigenvalue weighted by Crippen LogP contribution is 2.33. The van der Waals surface area contributed by atoms with Crippen LogP contribution in [0.1, 0.15) is 10.4 Å². The Morgan fingerprint density at radius 2 is 1.81 bits per heavy atom. The molecule has 1 aromatic carbocycles. The number of anilines is 4. The van der Waals surface area contributed by atoms with Crippen LogP contribution in [0.15, 0.2) is 30.6 Å². The average Bonchev–Trinajstić information content (AvgIpc) is 2.67. The van der Waals surface area contributed by atoms with Gasteiger partial charge in [0, 0.05) is 7.05 Å². The SMILES string of the molecule is COC(=O)c1ccccc1N(C)c1ncnc(N(CC#N)CC#N)c1N. The molecule has 0 aliphatic carbocycles. The molecule has 0 aliphatic heterocycles. The third-order valence-electron chi connectivity index (χ3n) is 3.65. The number of ether oxygens (including phenoxy) is 1. The van der Waals surface area contributed by atoms with Crippen LogP contribution >= 0.6 is 0 Å². The summed E-state index contributed by atoms with van der Waals surface area (Å²) >= 11 is 0. The molecule has 26 heavy (non-hydrogen) atoms. The first-order valence-electron chi connectivity index (χ1n) is 7.55. The topological polar surface area (TPSA) is 132 Å². The van der Waals surface area contributed by atoms with Crippen LogP contribution in [0.25, 0.3) is 0 Å². The van der Waals surface area contributed by atoms with Gasteiger partial charge in [0.15, 0.2) is 11.6 Å². The Labute approximate surface area is 150 Å². The molecule has 0 bridgehead atoms. The zero-order chi connectivity index (χ0) is 19.1. The minimum absolute atomic E-state index is 0.0450. The predicted molar refractivity (Wildman–Crippen MR) is 95.7 cm³/mol. The maximum Gasteiger partial charge on any atom is 0.339 e. The Balaban J connectivity index is 2.51. The summed E-state index contributed by atoms with van der Waals surface area (Å²) in [7, 11) is 3.00. The van der Waals surface area contributed by atoms with Crippen molar-refractivity contribution >= 4 is 29.0 Å². The number of nitrogen functional groups attached to an aromatic ring is 1. The summed E-state index contributed by atoms with van der Waals surface area (Å²) < 4.78 is 4.81. The fraction of sp³-hybridized carbons (Fsp3) is 0.235. The second kappa shape index (κ2) is 8.31. The van der Waals surface area contributed by atoms with Crippen molar-refractivity contribution in [2.24, 2.45) is 0 Å². The monoisotopic (exact) mass is 351 g/mol. The van der Waals surface area contributed by atoms with Gasteiger partial charge in [-0.2, -0.15) is 10.5 Å². The number of methoxy groups -OCH3 is 1. The molecular weight excluding hydrogens is 334 g/mol. The standard InChI is InChI=1S/C17H17N7O2/c1-23(13-6-4-3-5-12(13)17(25)26-2)15-14(20)16(22-11-21-15)24(9-7-18)10-8-19/h3-6,11H,9-10,20H2,1-2H3. The summed E-state index contributed by atoms with van der Waals surface area (Å²) in [6.45, 7) is -0.0899. The molecule has 9 nitrogen and oxygen atoms in total. The van der Waals surface area contributed by atoms with Crippen molar-refractivity contribution in [3.8, 4) is 12.1 Å². The highest BCUT2D eigenvalue weighted by Gasteiger charge is 2.21. The van der Waals surface area contributed by atoms with E-state index < -0.39 is 5.97 Å². The Hall–Kier alpha value is -3.85. The van der Waals surface area contributed by atoms with Crippen LogP contribution in [-0.2, 0) is 4.74 Å². The van der Waals surface area contributed by atoms with E-state index in [1.54, 1.807) is 36.2 Å². The maximum atomic E-state index is 12.0. The van der Waals surface area contributed by atoms with E-state index in [0.29, 0.717) is 17.1 Å². The number of hydrogen-bond acceptors (Lipinski definition) is 9. The largest absolute Gasteiger partial charge is 0.465 e. The maximum absolute atomic E-state index is 12.0. The molecule has 0 atom stereocenters. The van der Waals surface area contributed by atoms with Gasteiger partial charge in [-0.15, -0.1) is 0 Å². The van der Waals surface area contributed by atoms with Crippen LogP contribution in [0, 0.1) is 22.7 Å². The number of rotatable bonds is 6. The van der Waals surface area contributed by atoms with Crippen molar-refractivity contribution in [3.05, 3.63) is 36.2 Å². The molecule has 0 aliphatic rings. The van der Waals surface area contributed by atoms with E-state index in [1.165, 1.54) is 18.3 Å². The normalized spacial score (nSPS) is 9.69. The molecule has 0 radical (unpaired) electrons. The lowest BCUT2D eigenvalue weighted by atomic mass is 10.1. The Morgan fingerprint density at radius 1 is 1.19 bits per heavy atom. The molecule has 0 unspecified atom stereocenters. The van der Waals surface area contributed by atoms with E-state index in [2.05, 4.69) is 9.97 Å². The van der Waals surface area contributed by atoms with E-state index in [0.717, 1.165) is 0 Å². The van der Waals surface area contributed by atoms with Gasteiger partial charge in [0.1, 0.15) is 25.1 Å². The van der Waals surface area contributed by atoms with E-state index >= 15 is 0 Å². The van der Waals surface area contributed by atoms with Gasteiger partial charge < -0.3 is 20.3 Å². The van der Waals surface area contributed by atoms with Gasteiger partial charge in [0.25, 0.3) is 0 Å². The first kappa shape index (κ1) is 18.5. The summed E-state index contributed by atoms with van der Waals surface area (Å²) in [6.07, 6.45) is 1.29. The molecule has 1 aromatic heterocycles. The quantitative estimate of drug-likeness (QED) is 0.606. The van der Waals surface area contributed by atoms with Crippen molar-refractivity contribution < 1.29 is 9.53 Å². The van der Waals surface area contributed by atoms with Gasteiger partial charge in [-0.25, -0.2) is 14.8 Å². The Bertz CT molecular complexity index is 869. The number of para-hydroxylation sites is 1. The highest BCUT2D eigenvalue weighted by atomic mass is 16.5. The van der Waals surface area contributed by atoms with Crippen molar-refractivity contribution in [3.63, 3.8) is 0 Å². The number of esters is 1. The molecule has 2 aromatic rings. The number of benzene rings is 1. The Morgan fingerprint density at radius 3 is 2.42 bits per heavy atom. The van der Waals surface area contributed by atoms with Gasteiger partial charge >= 0.3 is 5.97 Å². The third-order valence-corrected chi connectivity index (χ3v) is 3.65. The molecule has 0 saturated carbocycles. The summed E-state index contributed by atoms with van der Waals surface area (Å²) in [5.74, 6) is 0.128. The first-order chi connectivity index (χ1) is 12.5. The van der Waals surface area contributed by atoms with Crippen molar-refractivity contribution in [1.82, 2.24) is 9.97 Å². The zero-order valence-electron chi connectivity index (χ0n) is 14.4. The van der Waals surface area contributed by atoms with Gasteiger partial charge in [0.2, 0.25) is 0 Å². The molecule has 1 heterocycles. The van der Waals surface area contributed by atoms with Crippen LogP contribution in [0.4, 0.5) is 23.0 Å². The summed E-state index contributed by atoms with van der Waals surface area (Å²) in [6, 6.07) is 10.8. The fourth-order valence-corrected chi connectivity index (χ4v) is 2.44. The van der Waals surface area contributed by atoms with Crippen LogP contribution in [0.5, 0.6) is 0 Å². The molecule has 0 saturated heterocycles. The minimum Gasteiger partial charge on any atom is -0.465 e. The predicted octanol–water partition coefficient (Wildman–Crippen LogP) is 1.47. The molecule has 2 N–H and O–H groups in total. The third kappa shape index (κ3) is 3.62. The molecule has 0 amide bonds. The lowest BCUT2D eigenvalue weighted by Crippen LogP contribution is -2.27. The molecular formula is C17H17N7O2. The van der Waals surface area contributed by atoms with Crippen molar-refractivity contribution in [2.75, 3.05) is 42.8 Å². The lowest BCUT2D eigenvalue weighted by Gasteiger charge is -2.25. The van der Waals surface area contributed by atoms with Crippen LogP contribution in [0.2, 0.25) is 0 Å². The van der Waals surface area contributed by atoms with Crippen LogP contribution in [0.3, 0.4) is 0 Å². The van der Waals surface area contributed by atoms with Gasteiger partial charge in [-0.3, -0.25) is 0 Å². The summed E-state index contributed by atoms with van der Waals surface area (Å²) in [4.78, 5) is 23.4. The van der Waals surface area contributed by atoms with Gasteiger partial charge in [-0.1, -0.05) is 12.1 Å². The van der Waals surface area contributed by atoms with Crippen molar-refractivity contribution in [2.45, 2.75) is 0 Å². The number of nitriles is 2. The van der Waals surface area contributed by atoms with Gasteiger partial charge in [0.05, 0.1) is 30.5 Å². The number of hydrogen-bond donors (Lipinski definition) is 1. The smallest absolute Gasteiger partial charge is 0.339 e. The summed E-state index contributed by atoms with van der Waals surface area (Å²) in [5, 5.41) is 17.9. The number of carbonyl (C=O) groups is 1. The van der Waals surface area contributed by atoms with E-state index in [1.807, 2.05) is 12.1 Å². The fourth-order valence-electron chi connectivity index (χ4n) is 2.44. The van der Waals surface area contributed by atoms with E-state index in [-0.39, 0.29) is 24.6 Å². The lowest BCUT2D eigenvalue weighted by molar-refractivity contribution is 0.0601. The number of nitrogens with zero attached hydrogens (tertiary/aromatic N) is 6. The van der Waals surface area contributed by atoms with Crippen LogP contribution < -0.4 is 15.5 Å². The second-order valence-corrected chi connectivity index (χ2v) is 5.17. The molecule has 9 heteroatoms. The second-order valence-electron chi connectivity index (χ2n) is 5.17. The number of nitrogens with two attached hydrogens (primary N) is 1. The van der Waals surface area contributed by atoms with E-state index in [9.17, 15) is 4.79 Å². The molecule has 132 valence electrons. The number of carbonyl (C=O) groups excluding carboxylic acids is 1. The molecule has 0 spiro atoms. The highest BCUT2D eigenvalue weighted by molar-refractivity contribution is 5.97. The average molecular weight is 351 g/mol. The Kier molecular flexibility index (Phi) is 5.91. The van der Waals surface area contributed by atoms with E-state index in [4.69, 9.17) is 21.0 Å². The van der Waals surface area contributed by atoms with Crippen LogP contribution in [-0.4, -0.2) is 43.2 Å². The zero-order valence-corrected chi connectivity index (χ0v) is 14.4.